The third-order valence-corrected chi connectivity index (χ3v) is 4.98. The number of fused-ring (bicyclic) bond motifs is 1. The number of anilines is 1. The molecule has 2 N–H and O–H groups in total. The number of amides is 1. The number of benzene rings is 2. The van der Waals surface area contributed by atoms with Gasteiger partial charge in [0.1, 0.15) is 5.82 Å². The molecule has 0 saturated carbocycles. The van der Waals surface area contributed by atoms with Gasteiger partial charge in [-0.1, -0.05) is 38.1 Å². The van der Waals surface area contributed by atoms with Crippen LogP contribution in [-0.2, 0) is 0 Å². The summed E-state index contributed by atoms with van der Waals surface area (Å²) in [6, 6.07) is 14.0. The number of carbonyl (C=O) groups excluding carboxylic acids is 1. The minimum absolute atomic E-state index is 0.0712. The van der Waals surface area contributed by atoms with Crippen molar-refractivity contribution in [1.82, 2.24) is 5.32 Å². The van der Waals surface area contributed by atoms with Crippen LogP contribution in [-0.4, -0.2) is 5.91 Å². The first kappa shape index (κ1) is 15.9. The summed E-state index contributed by atoms with van der Waals surface area (Å²) >= 11 is 0. The molecule has 0 fully saturated rings. The van der Waals surface area contributed by atoms with Gasteiger partial charge in [-0.05, 0) is 53.7 Å². The normalized spacial score (nSPS) is 21.6. The van der Waals surface area contributed by atoms with Gasteiger partial charge in [-0.15, -0.1) is 0 Å². The van der Waals surface area contributed by atoms with Gasteiger partial charge in [-0.25, -0.2) is 4.39 Å². The monoisotopic (exact) mass is 336 g/mol. The minimum atomic E-state index is -0.252. The van der Waals surface area contributed by atoms with Crippen molar-refractivity contribution >= 4 is 11.6 Å². The molecule has 2 aliphatic rings. The van der Waals surface area contributed by atoms with E-state index >= 15 is 0 Å². The zero-order chi connectivity index (χ0) is 17.6. The highest BCUT2D eigenvalue weighted by Crippen LogP contribution is 2.47. The van der Waals surface area contributed by atoms with E-state index in [2.05, 4.69) is 24.5 Å². The van der Waals surface area contributed by atoms with Gasteiger partial charge in [0, 0.05) is 11.4 Å². The van der Waals surface area contributed by atoms with E-state index in [4.69, 9.17) is 0 Å². The zero-order valence-corrected chi connectivity index (χ0v) is 14.4. The molecule has 128 valence electrons. The lowest BCUT2D eigenvalue weighted by atomic mass is 9.87. The SMILES string of the molecule is CC1(C)CC2=C(C1)C(c1cccc(F)c1)Nc1ccccc1C(=O)N2. The number of hydrogen-bond donors (Lipinski definition) is 2. The highest BCUT2D eigenvalue weighted by Gasteiger charge is 2.37. The van der Waals surface area contributed by atoms with E-state index < -0.39 is 0 Å². The Kier molecular flexibility index (Phi) is 3.64. The lowest BCUT2D eigenvalue weighted by Gasteiger charge is -2.27. The molecule has 4 heteroatoms. The van der Waals surface area contributed by atoms with E-state index in [1.54, 1.807) is 12.1 Å². The Morgan fingerprint density at radius 1 is 1.08 bits per heavy atom. The Labute approximate surface area is 146 Å². The maximum absolute atomic E-state index is 13.8. The zero-order valence-electron chi connectivity index (χ0n) is 14.4. The van der Waals surface area contributed by atoms with Crippen molar-refractivity contribution in [2.45, 2.75) is 32.7 Å². The first-order valence-corrected chi connectivity index (χ1v) is 8.57. The molecular weight excluding hydrogens is 315 g/mol. The standard InChI is InChI=1S/C21H21FN2O/c1-21(2)11-16-18(12-21)24-20(25)15-8-3-4-9-17(15)23-19(16)13-6-5-7-14(22)10-13/h3-10,19,23H,11-12H2,1-2H3,(H,24,25). The molecule has 25 heavy (non-hydrogen) atoms. The fourth-order valence-corrected chi connectivity index (χ4v) is 3.90. The molecule has 1 aliphatic carbocycles. The molecule has 1 heterocycles. The summed E-state index contributed by atoms with van der Waals surface area (Å²) in [5.41, 5.74) is 4.42. The summed E-state index contributed by atoms with van der Waals surface area (Å²) in [6.07, 6.45) is 1.67. The van der Waals surface area contributed by atoms with E-state index in [1.165, 1.54) is 6.07 Å². The van der Waals surface area contributed by atoms with Crippen molar-refractivity contribution in [3.05, 3.63) is 76.7 Å². The van der Waals surface area contributed by atoms with Gasteiger partial charge in [-0.2, -0.15) is 0 Å². The van der Waals surface area contributed by atoms with Crippen LogP contribution in [0.25, 0.3) is 0 Å². The first-order chi connectivity index (χ1) is 11.9. The van der Waals surface area contributed by atoms with Crippen molar-refractivity contribution in [2.24, 2.45) is 5.41 Å². The molecule has 0 aromatic heterocycles. The molecule has 2 aromatic rings. The largest absolute Gasteiger partial charge is 0.374 e. The van der Waals surface area contributed by atoms with Crippen molar-refractivity contribution < 1.29 is 9.18 Å². The summed E-state index contributed by atoms with van der Waals surface area (Å²) in [5.74, 6) is -0.343. The summed E-state index contributed by atoms with van der Waals surface area (Å²) in [7, 11) is 0. The molecule has 0 radical (unpaired) electrons. The number of para-hydroxylation sites is 1. The smallest absolute Gasteiger partial charge is 0.257 e. The van der Waals surface area contributed by atoms with Crippen LogP contribution in [0.1, 0.15) is 48.7 Å². The van der Waals surface area contributed by atoms with Gasteiger partial charge < -0.3 is 10.6 Å². The van der Waals surface area contributed by atoms with Crippen molar-refractivity contribution in [3.8, 4) is 0 Å². The summed E-state index contributed by atoms with van der Waals surface area (Å²) in [4.78, 5) is 12.7. The van der Waals surface area contributed by atoms with Crippen LogP contribution < -0.4 is 10.6 Å². The minimum Gasteiger partial charge on any atom is -0.374 e. The maximum atomic E-state index is 13.8. The lowest BCUT2D eigenvalue weighted by molar-refractivity contribution is 0.0964. The molecule has 0 spiro atoms. The summed E-state index contributed by atoms with van der Waals surface area (Å²) < 4.78 is 13.8. The molecule has 1 aliphatic heterocycles. The number of carbonyl (C=O) groups is 1. The van der Waals surface area contributed by atoms with E-state index in [1.807, 2.05) is 30.3 Å². The topological polar surface area (TPSA) is 41.1 Å². The van der Waals surface area contributed by atoms with Gasteiger partial charge >= 0.3 is 0 Å². The van der Waals surface area contributed by atoms with Crippen LogP contribution in [0, 0.1) is 11.2 Å². The van der Waals surface area contributed by atoms with Gasteiger partial charge in [0.2, 0.25) is 0 Å². The van der Waals surface area contributed by atoms with Gasteiger partial charge in [0.05, 0.1) is 11.6 Å². The van der Waals surface area contributed by atoms with Crippen LogP contribution >= 0.6 is 0 Å². The van der Waals surface area contributed by atoms with Crippen LogP contribution in [0.4, 0.5) is 10.1 Å². The molecule has 0 saturated heterocycles. The second-order valence-electron chi connectivity index (χ2n) is 7.65. The molecule has 0 bridgehead atoms. The Balaban J connectivity index is 1.86. The molecule has 1 unspecified atom stereocenters. The molecular formula is C21H21FN2O. The van der Waals surface area contributed by atoms with E-state index in [0.29, 0.717) is 5.56 Å². The van der Waals surface area contributed by atoms with Crippen molar-refractivity contribution in [1.29, 1.82) is 0 Å². The lowest BCUT2D eigenvalue weighted by Crippen LogP contribution is -2.29. The highest BCUT2D eigenvalue weighted by molar-refractivity contribution is 6.01. The fraction of sp³-hybridized carbons (Fsp3) is 0.286. The molecule has 4 rings (SSSR count). The van der Waals surface area contributed by atoms with E-state index in [-0.39, 0.29) is 23.2 Å². The van der Waals surface area contributed by atoms with E-state index in [9.17, 15) is 9.18 Å². The Hall–Kier alpha value is -2.62. The van der Waals surface area contributed by atoms with Crippen LogP contribution in [0.3, 0.4) is 0 Å². The number of allylic oxidation sites excluding steroid dienone is 1. The average molecular weight is 336 g/mol. The average Bonchev–Trinajstić information content (AvgIpc) is 2.85. The van der Waals surface area contributed by atoms with Crippen molar-refractivity contribution in [3.63, 3.8) is 0 Å². The molecule has 2 aromatic carbocycles. The number of hydrogen-bond acceptors (Lipinski definition) is 2. The summed E-state index contributed by atoms with van der Waals surface area (Å²) in [5, 5.41) is 6.61. The van der Waals surface area contributed by atoms with Crippen LogP contribution in [0.15, 0.2) is 59.8 Å². The molecule has 3 nitrogen and oxygen atoms in total. The Morgan fingerprint density at radius 3 is 2.68 bits per heavy atom. The number of rotatable bonds is 1. The second-order valence-corrected chi connectivity index (χ2v) is 7.65. The van der Waals surface area contributed by atoms with E-state index in [0.717, 1.165) is 35.4 Å². The number of nitrogens with one attached hydrogen (secondary N) is 2. The highest BCUT2D eigenvalue weighted by atomic mass is 19.1. The van der Waals surface area contributed by atoms with Crippen molar-refractivity contribution in [2.75, 3.05) is 5.32 Å². The van der Waals surface area contributed by atoms with Gasteiger partial charge in [0.25, 0.3) is 5.91 Å². The third kappa shape index (κ3) is 2.93. The van der Waals surface area contributed by atoms with Crippen LogP contribution in [0.2, 0.25) is 0 Å². The Bertz CT molecular complexity index is 885. The first-order valence-electron chi connectivity index (χ1n) is 8.57. The Morgan fingerprint density at radius 2 is 1.88 bits per heavy atom. The quantitative estimate of drug-likeness (QED) is 0.785. The maximum Gasteiger partial charge on any atom is 0.257 e. The predicted molar refractivity (Wildman–Crippen MR) is 96.7 cm³/mol. The van der Waals surface area contributed by atoms with Gasteiger partial charge in [0.15, 0.2) is 0 Å². The predicted octanol–water partition coefficient (Wildman–Crippen LogP) is 4.80. The van der Waals surface area contributed by atoms with Crippen LogP contribution in [0.5, 0.6) is 0 Å². The fourth-order valence-electron chi connectivity index (χ4n) is 3.90. The van der Waals surface area contributed by atoms with Gasteiger partial charge in [-0.3, -0.25) is 4.79 Å². The molecule has 1 atom stereocenters. The third-order valence-electron chi connectivity index (χ3n) is 4.98. The summed E-state index contributed by atoms with van der Waals surface area (Å²) in [6.45, 7) is 4.39. The molecule has 1 amide bonds. The number of halogens is 1. The second kappa shape index (κ2) is 5.73.